The Hall–Kier alpha value is -0.890. The zero-order valence-corrected chi connectivity index (χ0v) is 7.99. The highest BCUT2D eigenvalue weighted by molar-refractivity contribution is 5.14. The van der Waals surface area contributed by atoms with Gasteiger partial charge in [0.25, 0.3) is 0 Å². The first kappa shape index (κ1) is 8.70. The summed E-state index contributed by atoms with van der Waals surface area (Å²) in [6, 6.07) is 6.21. The lowest BCUT2D eigenvalue weighted by Gasteiger charge is -2.21. The largest absolute Gasteiger partial charge is 0.381 e. The SMILES string of the molecule is Cc1cccc(C2CCCOC2)n1. The topological polar surface area (TPSA) is 22.1 Å². The Morgan fingerprint density at radius 1 is 1.46 bits per heavy atom. The van der Waals surface area contributed by atoms with Crippen molar-refractivity contribution in [3.63, 3.8) is 0 Å². The average molecular weight is 177 g/mol. The van der Waals surface area contributed by atoms with Gasteiger partial charge in [-0.2, -0.15) is 0 Å². The third-order valence-electron chi connectivity index (χ3n) is 2.49. The van der Waals surface area contributed by atoms with Gasteiger partial charge in [0.15, 0.2) is 0 Å². The van der Waals surface area contributed by atoms with Crippen molar-refractivity contribution < 1.29 is 4.74 Å². The van der Waals surface area contributed by atoms with Gasteiger partial charge in [-0.15, -0.1) is 0 Å². The van der Waals surface area contributed by atoms with E-state index in [1.807, 2.05) is 13.0 Å². The molecule has 0 aliphatic carbocycles. The summed E-state index contributed by atoms with van der Waals surface area (Å²) in [6.07, 6.45) is 2.39. The van der Waals surface area contributed by atoms with Crippen LogP contribution < -0.4 is 0 Å². The van der Waals surface area contributed by atoms with E-state index in [1.54, 1.807) is 0 Å². The third-order valence-corrected chi connectivity index (χ3v) is 2.49. The molecule has 1 atom stereocenters. The van der Waals surface area contributed by atoms with E-state index in [1.165, 1.54) is 18.5 Å². The molecule has 13 heavy (non-hydrogen) atoms. The van der Waals surface area contributed by atoms with E-state index in [0.717, 1.165) is 18.9 Å². The fraction of sp³-hybridized carbons (Fsp3) is 0.545. The number of pyridine rings is 1. The van der Waals surface area contributed by atoms with Crippen LogP contribution in [0.4, 0.5) is 0 Å². The van der Waals surface area contributed by atoms with Crippen LogP contribution in [0.2, 0.25) is 0 Å². The molecule has 1 aromatic rings. The Morgan fingerprint density at radius 2 is 2.38 bits per heavy atom. The van der Waals surface area contributed by atoms with Crippen LogP contribution in [0.25, 0.3) is 0 Å². The lowest BCUT2D eigenvalue weighted by atomic mass is 9.98. The number of nitrogens with zero attached hydrogens (tertiary/aromatic N) is 1. The lowest BCUT2D eigenvalue weighted by molar-refractivity contribution is 0.0793. The Balaban J connectivity index is 2.14. The van der Waals surface area contributed by atoms with E-state index in [9.17, 15) is 0 Å². The van der Waals surface area contributed by atoms with Gasteiger partial charge in [0, 0.05) is 23.9 Å². The van der Waals surface area contributed by atoms with Gasteiger partial charge >= 0.3 is 0 Å². The Bertz CT molecular complexity index is 279. The quantitative estimate of drug-likeness (QED) is 0.656. The second-order valence-corrected chi connectivity index (χ2v) is 3.62. The molecule has 1 aliphatic rings. The van der Waals surface area contributed by atoms with Gasteiger partial charge in [-0.1, -0.05) is 6.07 Å². The summed E-state index contributed by atoms with van der Waals surface area (Å²) in [5.74, 6) is 0.522. The van der Waals surface area contributed by atoms with Crippen molar-refractivity contribution in [2.45, 2.75) is 25.7 Å². The number of ether oxygens (including phenoxy) is 1. The molecule has 2 heteroatoms. The molecule has 1 unspecified atom stereocenters. The monoisotopic (exact) mass is 177 g/mol. The minimum Gasteiger partial charge on any atom is -0.381 e. The molecule has 0 aromatic carbocycles. The molecular formula is C11H15NO. The van der Waals surface area contributed by atoms with Crippen LogP contribution in [0, 0.1) is 6.92 Å². The second-order valence-electron chi connectivity index (χ2n) is 3.62. The molecule has 0 saturated carbocycles. The van der Waals surface area contributed by atoms with Crippen molar-refractivity contribution in [2.75, 3.05) is 13.2 Å². The molecule has 0 spiro atoms. The second kappa shape index (κ2) is 3.88. The fourth-order valence-electron chi connectivity index (χ4n) is 1.77. The molecular weight excluding hydrogens is 162 g/mol. The zero-order valence-electron chi connectivity index (χ0n) is 7.99. The molecule has 2 rings (SSSR count). The van der Waals surface area contributed by atoms with Crippen molar-refractivity contribution in [1.82, 2.24) is 4.98 Å². The summed E-state index contributed by atoms with van der Waals surface area (Å²) >= 11 is 0. The molecule has 1 saturated heterocycles. The van der Waals surface area contributed by atoms with Crippen molar-refractivity contribution >= 4 is 0 Å². The minimum absolute atomic E-state index is 0.522. The maximum Gasteiger partial charge on any atom is 0.0549 e. The molecule has 2 heterocycles. The van der Waals surface area contributed by atoms with Crippen molar-refractivity contribution in [1.29, 1.82) is 0 Å². The Labute approximate surface area is 78.9 Å². The van der Waals surface area contributed by atoms with Crippen LogP contribution in [-0.2, 0) is 4.74 Å². The number of rotatable bonds is 1. The zero-order chi connectivity index (χ0) is 9.10. The van der Waals surface area contributed by atoms with E-state index >= 15 is 0 Å². The highest BCUT2D eigenvalue weighted by Gasteiger charge is 2.16. The van der Waals surface area contributed by atoms with Crippen LogP contribution in [0.5, 0.6) is 0 Å². The first-order chi connectivity index (χ1) is 6.36. The predicted molar refractivity (Wildman–Crippen MR) is 51.8 cm³/mol. The van der Waals surface area contributed by atoms with Crippen molar-refractivity contribution in [2.24, 2.45) is 0 Å². The first-order valence-electron chi connectivity index (χ1n) is 4.87. The molecule has 2 nitrogen and oxygen atoms in total. The van der Waals surface area contributed by atoms with Crippen LogP contribution in [0.1, 0.15) is 30.1 Å². The highest BCUT2D eigenvalue weighted by atomic mass is 16.5. The van der Waals surface area contributed by atoms with Gasteiger partial charge in [-0.3, -0.25) is 4.98 Å². The van der Waals surface area contributed by atoms with E-state index < -0.39 is 0 Å². The Morgan fingerprint density at radius 3 is 3.08 bits per heavy atom. The van der Waals surface area contributed by atoms with E-state index in [-0.39, 0.29) is 0 Å². The van der Waals surface area contributed by atoms with Gasteiger partial charge in [-0.05, 0) is 31.9 Å². The van der Waals surface area contributed by atoms with Gasteiger partial charge in [0.05, 0.1) is 6.61 Å². The molecule has 0 radical (unpaired) electrons. The first-order valence-corrected chi connectivity index (χ1v) is 4.87. The maximum atomic E-state index is 5.44. The maximum absolute atomic E-state index is 5.44. The summed E-state index contributed by atoms with van der Waals surface area (Å²) in [5.41, 5.74) is 2.29. The van der Waals surface area contributed by atoms with Crippen molar-refractivity contribution in [3.8, 4) is 0 Å². The molecule has 1 aromatic heterocycles. The van der Waals surface area contributed by atoms with Crippen LogP contribution in [0.3, 0.4) is 0 Å². The van der Waals surface area contributed by atoms with E-state index in [4.69, 9.17) is 4.74 Å². The average Bonchev–Trinajstić information content (AvgIpc) is 2.19. The fourth-order valence-corrected chi connectivity index (χ4v) is 1.77. The predicted octanol–water partition coefficient (Wildman–Crippen LogP) is 2.28. The smallest absolute Gasteiger partial charge is 0.0549 e. The molecule has 70 valence electrons. The molecule has 0 bridgehead atoms. The molecule has 0 amide bonds. The van der Waals surface area contributed by atoms with Crippen molar-refractivity contribution in [3.05, 3.63) is 29.6 Å². The molecule has 1 fully saturated rings. The van der Waals surface area contributed by atoms with E-state index in [0.29, 0.717) is 5.92 Å². The van der Waals surface area contributed by atoms with Gasteiger partial charge in [0.1, 0.15) is 0 Å². The summed E-state index contributed by atoms with van der Waals surface area (Å²) in [5, 5.41) is 0. The Kier molecular flexibility index (Phi) is 2.60. The summed E-state index contributed by atoms with van der Waals surface area (Å²) < 4.78 is 5.44. The number of aromatic nitrogens is 1. The summed E-state index contributed by atoms with van der Waals surface area (Å²) in [7, 11) is 0. The van der Waals surface area contributed by atoms with Crippen LogP contribution in [0.15, 0.2) is 18.2 Å². The summed E-state index contributed by atoms with van der Waals surface area (Å²) in [6.45, 7) is 3.80. The summed E-state index contributed by atoms with van der Waals surface area (Å²) in [4.78, 5) is 4.52. The van der Waals surface area contributed by atoms with Crippen LogP contribution >= 0.6 is 0 Å². The third kappa shape index (κ3) is 2.07. The number of hydrogen-bond acceptors (Lipinski definition) is 2. The molecule has 0 N–H and O–H groups in total. The highest BCUT2D eigenvalue weighted by Crippen LogP contribution is 2.23. The minimum atomic E-state index is 0.522. The normalized spacial score (nSPS) is 23.0. The standard InChI is InChI=1S/C11H15NO/c1-9-4-2-6-11(12-9)10-5-3-7-13-8-10/h2,4,6,10H,3,5,7-8H2,1H3. The molecule has 1 aliphatic heterocycles. The van der Waals surface area contributed by atoms with Crippen LogP contribution in [-0.4, -0.2) is 18.2 Å². The lowest BCUT2D eigenvalue weighted by Crippen LogP contribution is -2.16. The number of hydrogen-bond donors (Lipinski definition) is 0. The van der Waals surface area contributed by atoms with E-state index in [2.05, 4.69) is 17.1 Å². The van der Waals surface area contributed by atoms with Gasteiger partial charge < -0.3 is 4.74 Å². The number of aryl methyl sites for hydroxylation is 1. The van der Waals surface area contributed by atoms with Gasteiger partial charge in [-0.25, -0.2) is 0 Å². The van der Waals surface area contributed by atoms with Gasteiger partial charge in [0.2, 0.25) is 0 Å².